The molecule has 2 rings (SSSR count). The molecular weight excluding hydrogens is 198 g/mol. The molecule has 72 valence electrons. The second-order valence-corrected chi connectivity index (χ2v) is 6.03. The monoisotopic (exact) mass is 213 g/mol. The van der Waals surface area contributed by atoms with E-state index in [1.165, 1.54) is 29.0 Å². The number of hydrogen-bond donors (Lipinski definition) is 1. The van der Waals surface area contributed by atoms with Gasteiger partial charge in [0.15, 0.2) is 0 Å². The first-order valence-electron chi connectivity index (χ1n) is 4.69. The van der Waals surface area contributed by atoms with Crippen molar-refractivity contribution in [3.8, 4) is 0 Å². The Balaban J connectivity index is 2.07. The summed E-state index contributed by atoms with van der Waals surface area (Å²) in [6.45, 7) is 2.14. The van der Waals surface area contributed by atoms with Crippen LogP contribution < -0.4 is 5.73 Å². The maximum Gasteiger partial charge on any atom is 0.0423 e. The zero-order chi connectivity index (χ0) is 9.26. The van der Waals surface area contributed by atoms with Gasteiger partial charge in [0.1, 0.15) is 0 Å². The first kappa shape index (κ1) is 9.56. The highest BCUT2D eigenvalue weighted by Crippen LogP contribution is 2.35. The Labute approximate surface area is 87.7 Å². The molecule has 0 aromatic carbocycles. The molecule has 0 bridgehead atoms. The Morgan fingerprint density at radius 2 is 2.46 bits per heavy atom. The Morgan fingerprint density at radius 3 is 3.00 bits per heavy atom. The molecule has 13 heavy (non-hydrogen) atoms. The van der Waals surface area contributed by atoms with Crippen molar-refractivity contribution in [3.05, 3.63) is 21.9 Å². The average Bonchev–Trinajstić information content (AvgIpc) is 2.72. The van der Waals surface area contributed by atoms with Gasteiger partial charge in [-0.2, -0.15) is 11.8 Å². The third-order valence-corrected chi connectivity index (χ3v) is 4.86. The van der Waals surface area contributed by atoms with Gasteiger partial charge in [0, 0.05) is 16.2 Å². The van der Waals surface area contributed by atoms with Gasteiger partial charge in [-0.05, 0) is 42.5 Å². The molecule has 0 spiro atoms. The van der Waals surface area contributed by atoms with Gasteiger partial charge in [-0.25, -0.2) is 0 Å². The highest BCUT2D eigenvalue weighted by Gasteiger charge is 2.24. The van der Waals surface area contributed by atoms with Gasteiger partial charge in [0.2, 0.25) is 0 Å². The molecule has 1 saturated heterocycles. The highest BCUT2D eigenvalue weighted by molar-refractivity contribution is 8.00. The number of rotatable bonds is 2. The zero-order valence-corrected chi connectivity index (χ0v) is 9.46. The first-order chi connectivity index (χ1) is 6.27. The van der Waals surface area contributed by atoms with Crippen LogP contribution in [0.2, 0.25) is 0 Å². The fourth-order valence-electron chi connectivity index (χ4n) is 1.74. The summed E-state index contributed by atoms with van der Waals surface area (Å²) < 4.78 is 0. The van der Waals surface area contributed by atoms with Crippen LogP contribution in [0, 0.1) is 6.92 Å². The van der Waals surface area contributed by atoms with Crippen molar-refractivity contribution in [2.24, 2.45) is 5.73 Å². The van der Waals surface area contributed by atoms with Crippen LogP contribution in [0.15, 0.2) is 11.4 Å². The van der Waals surface area contributed by atoms with Gasteiger partial charge < -0.3 is 5.73 Å². The van der Waals surface area contributed by atoms with Gasteiger partial charge in [-0.15, -0.1) is 11.3 Å². The van der Waals surface area contributed by atoms with E-state index in [0.29, 0.717) is 5.25 Å². The van der Waals surface area contributed by atoms with Crippen LogP contribution in [0.4, 0.5) is 0 Å². The Hall–Kier alpha value is 0.01000. The van der Waals surface area contributed by atoms with Crippen molar-refractivity contribution >= 4 is 23.1 Å². The summed E-state index contributed by atoms with van der Waals surface area (Å²) in [5, 5.41) is 2.87. The maximum atomic E-state index is 6.20. The third-order valence-electron chi connectivity index (χ3n) is 2.50. The van der Waals surface area contributed by atoms with E-state index in [1.54, 1.807) is 11.3 Å². The van der Waals surface area contributed by atoms with Crippen LogP contribution in [0.1, 0.15) is 29.3 Å². The molecule has 2 heterocycles. The molecule has 1 aromatic rings. The minimum Gasteiger partial charge on any atom is -0.323 e. The zero-order valence-electron chi connectivity index (χ0n) is 7.82. The van der Waals surface area contributed by atoms with E-state index in [2.05, 4.69) is 18.4 Å². The van der Waals surface area contributed by atoms with Crippen molar-refractivity contribution in [2.45, 2.75) is 31.1 Å². The van der Waals surface area contributed by atoms with E-state index in [9.17, 15) is 0 Å². The molecule has 0 saturated carbocycles. The molecule has 1 aliphatic rings. The molecule has 1 aromatic heterocycles. The predicted octanol–water partition coefficient (Wildman–Crippen LogP) is 2.95. The van der Waals surface area contributed by atoms with E-state index >= 15 is 0 Å². The summed E-state index contributed by atoms with van der Waals surface area (Å²) in [6.07, 6.45) is 2.63. The summed E-state index contributed by atoms with van der Waals surface area (Å²) in [5.41, 5.74) is 7.53. The van der Waals surface area contributed by atoms with Gasteiger partial charge in [0.25, 0.3) is 0 Å². The fourth-order valence-corrected chi connectivity index (χ4v) is 3.82. The van der Waals surface area contributed by atoms with Crippen LogP contribution in [-0.2, 0) is 0 Å². The largest absolute Gasteiger partial charge is 0.323 e. The summed E-state index contributed by atoms with van der Waals surface area (Å²) in [5.74, 6) is 1.29. The van der Waals surface area contributed by atoms with Crippen LogP contribution in [-0.4, -0.2) is 11.0 Å². The van der Waals surface area contributed by atoms with E-state index in [-0.39, 0.29) is 6.04 Å². The van der Waals surface area contributed by atoms with Gasteiger partial charge in [-0.3, -0.25) is 0 Å². The van der Waals surface area contributed by atoms with Crippen molar-refractivity contribution < 1.29 is 0 Å². The number of hydrogen-bond acceptors (Lipinski definition) is 3. The molecule has 1 nitrogen and oxygen atoms in total. The van der Waals surface area contributed by atoms with Crippen LogP contribution >= 0.6 is 23.1 Å². The number of aryl methyl sites for hydroxylation is 1. The van der Waals surface area contributed by atoms with E-state index in [4.69, 9.17) is 5.73 Å². The minimum absolute atomic E-state index is 0.262. The average molecular weight is 213 g/mol. The maximum absolute atomic E-state index is 6.20. The van der Waals surface area contributed by atoms with Crippen molar-refractivity contribution in [3.63, 3.8) is 0 Å². The Morgan fingerprint density at radius 1 is 1.62 bits per heavy atom. The second kappa shape index (κ2) is 4.03. The SMILES string of the molecule is Cc1cc(C(N)C2CCCS2)cs1. The lowest BCUT2D eigenvalue weighted by molar-refractivity contribution is 0.647. The van der Waals surface area contributed by atoms with Crippen molar-refractivity contribution in [1.29, 1.82) is 0 Å². The standard InChI is InChI=1S/C10H15NS2/c1-7-5-8(6-13-7)10(11)9-3-2-4-12-9/h5-6,9-10H,2-4,11H2,1H3. The molecule has 3 heteroatoms. The van der Waals surface area contributed by atoms with Crippen LogP contribution in [0.3, 0.4) is 0 Å². The minimum atomic E-state index is 0.262. The summed E-state index contributed by atoms with van der Waals surface area (Å²) in [7, 11) is 0. The molecule has 2 N–H and O–H groups in total. The summed E-state index contributed by atoms with van der Waals surface area (Å²) >= 11 is 3.84. The molecule has 2 unspecified atom stereocenters. The second-order valence-electron chi connectivity index (χ2n) is 3.57. The quantitative estimate of drug-likeness (QED) is 0.817. The molecule has 1 aliphatic heterocycles. The normalized spacial score (nSPS) is 24.9. The van der Waals surface area contributed by atoms with Gasteiger partial charge in [0.05, 0.1) is 0 Å². The summed E-state index contributed by atoms with van der Waals surface area (Å²) in [6, 6.07) is 2.49. The van der Waals surface area contributed by atoms with E-state index in [1.807, 2.05) is 11.8 Å². The molecule has 0 radical (unpaired) electrons. The van der Waals surface area contributed by atoms with Crippen molar-refractivity contribution in [2.75, 3.05) is 5.75 Å². The molecular formula is C10H15NS2. The number of nitrogens with two attached hydrogens (primary N) is 1. The van der Waals surface area contributed by atoms with Crippen LogP contribution in [0.25, 0.3) is 0 Å². The van der Waals surface area contributed by atoms with Crippen LogP contribution in [0.5, 0.6) is 0 Å². The number of thioether (sulfide) groups is 1. The molecule has 0 amide bonds. The Bertz CT molecular complexity index is 276. The van der Waals surface area contributed by atoms with E-state index < -0.39 is 0 Å². The molecule has 2 atom stereocenters. The predicted molar refractivity (Wildman–Crippen MR) is 61.5 cm³/mol. The highest BCUT2D eigenvalue weighted by atomic mass is 32.2. The Kier molecular flexibility index (Phi) is 2.96. The molecule has 0 aliphatic carbocycles. The fraction of sp³-hybridized carbons (Fsp3) is 0.600. The van der Waals surface area contributed by atoms with Gasteiger partial charge in [-0.1, -0.05) is 0 Å². The topological polar surface area (TPSA) is 26.0 Å². The first-order valence-corrected chi connectivity index (χ1v) is 6.62. The summed E-state index contributed by atoms with van der Waals surface area (Å²) in [4.78, 5) is 1.37. The lowest BCUT2D eigenvalue weighted by atomic mass is 10.0. The third kappa shape index (κ3) is 2.09. The smallest absolute Gasteiger partial charge is 0.0423 e. The number of thiophene rings is 1. The lowest BCUT2D eigenvalue weighted by Gasteiger charge is -2.16. The molecule has 1 fully saturated rings. The lowest BCUT2D eigenvalue weighted by Crippen LogP contribution is -2.20. The van der Waals surface area contributed by atoms with Crippen molar-refractivity contribution in [1.82, 2.24) is 0 Å². The van der Waals surface area contributed by atoms with Gasteiger partial charge >= 0.3 is 0 Å². The van der Waals surface area contributed by atoms with E-state index in [0.717, 1.165) is 0 Å².